The summed E-state index contributed by atoms with van der Waals surface area (Å²) in [6.45, 7) is 0. The first-order valence-corrected chi connectivity index (χ1v) is 7.80. The third kappa shape index (κ3) is 2.20. The van der Waals surface area contributed by atoms with Crippen molar-refractivity contribution >= 4 is 26.7 Å². The number of aliphatic hydroxyl groups excluding tert-OH is 2. The summed E-state index contributed by atoms with van der Waals surface area (Å²) in [5, 5.41) is 23.4. The van der Waals surface area contributed by atoms with Crippen LogP contribution in [0.3, 0.4) is 0 Å². The van der Waals surface area contributed by atoms with Crippen LogP contribution in [0, 0.1) is 0 Å². The molecule has 0 saturated carbocycles. The summed E-state index contributed by atoms with van der Waals surface area (Å²) in [7, 11) is 0. The van der Waals surface area contributed by atoms with Crippen LogP contribution in [0.5, 0.6) is 0 Å². The van der Waals surface area contributed by atoms with Gasteiger partial charge in [0.1, 0.15) is 6.10 Å². The summed E-state index contributed by atoms with van der Waals surface area (Å²) >= 11 is 3.30. The summed E-state index contributed by atoms with van der Waals surface area (Å²) in [6, 6.07) is 10.3. The number of halogens is 1. The maximum absolute atomic E-state index is 10.3. The van der Waals surface area contributed by atoms with Crippen molar-refractivity contribution in [2.45, 2.75) is 31.5 Å². The van der Waals surface area contributed by atoms with Gasteiger partial charge in [-0.15, -0.1) is 0 Å². The van der Waals surface area contributed by atoms with E-state index in [9.17, 15) is 10.2 Å². The molecule has 0 aromatic heterocycles. The Bertz CT molecular complexity index is 599. The molecule has 0 heterocycles. The Morgan fingerprint density at radius 1 is 1.05 bits per heavy atom. The fourth-order valence-corrected chi connectivity index (χ4v) is 3.47. The van der Waals surface area contributed by atoms with Crippen LogP contribution in [0.4, 0.5) is 0 Å². The van der Waals surface area contributed by atoms with E-state index in [4.69, 9.17) is 0 Å². The van der Waals surface area contributed by atoms with Crippen LogP contribution in [-0.2, 0) is 12.8 Å². The fourth-order valence-electron chi connectivity index (χ4n) is 3.00. The van der Waals surface area contributed by atoms with Crippen LogP contribution >= 0.6 is 15.9 Å². The molecule has 2 aromatic carbocycles. The molecule has 2 atom stereocenters. The van der Waals surface area contributed by atoms with Crippen molar-refractivity contribution in [2.24, 2.45) is 0 Å². The van der Waals surface area contributed by atoms with Crippen molar-refractivity contribution in [1.29, 1.82) is 0 Å². The molecule has 0 spiro atoms. The number of rotatable bonds is 4. The Balaban J connectivity index is 2.11. The van der Waals surface area contributed by atoms with Gasteiger partial charge in [0.05, 0.1) is 6.10 Å². The van der Waals surface area contributed by atoms with Crippen molar-refractivity contribution in [1.82, 2.24) is 0 Å². The van der Waals surface area contributed by atoms with Crippen molar-refractivity contribution in [2.75, 3.05) is 5.33 Å². The molecule has 0 fully saturated rings. The molecule has 2 N–H and O–H groups in total. The molecule has 0 bridgehead atoms. The minimum absolute atomic E-state index is 0.546. The summed E-state index contributed by atoms with van der Waals surface area (Å²) in [4.78, 5) is 0. The van der Waals surface area contributed by atoms with Gasteiger partial charge in [-0.3, -0.25) is 0 Å². The zero-order valence-corrected chi connectivity index (χ0v) is 12.2. The van der Waals surface area contributed by atoms with Crippen molar-refractivity contribution in [3.63, 3.8) is 0 Å². The lowest BCUT2D eigenvalue weighted by atomic mass is 9.94. The predicted molar refractivity (Wildman–Crippen MR) is 80.7 cm³/mol. The Morgan fingerprint density at radius 3 is 2.53 bits per heavy atom. The van der Waals surface area contributed by atoms with Crippen LogP contribution in [0.15, 0.2) is 30.3 Å². The standard InChI is InChI=1S/C16H17BrO2/c17-9-8-14(18)16(19)13-7-6-11-5-4-10-2-1-3-12(13)15(10)11/h1-3,6-7,14,16,18-19H,4-5,8-9H2. The molecule has 3 rings (SSSR count). The first-order chi connectivity index (χ1) is 9.22. The number of benzene rings is 2. The molecule has 0 radical (unpaired) electrons. The molecule has 0 saturated heterocycles. The molecule has 1 aliphatic carbocycles. The van der Waals surface area contributed by atoms with Crippen molar-refractivity contribution in [3.05, 3.63) is 47.0 Å². The highest BCUT2D eigenvalue weighted by atomic mass is 79.9. The first kappa shape index (κ1) is 13.1. The lowest BCUT2D eigenvalue weighted by Gasteiger charge is -2.19. The van der Waals surface area contributed by atoms with Crippen LogP contribution in [0.25, 0.3) is 10.8 Å². The molecule has 3 heteroatoms. The number of hydrogen-bond donors (Lipinski definition) is 2. The monoisotopic (exact) mass is 320 g/mol. The molecule has 2 aromatic rings. The highest BCUT2D eigenvalue weighted by molar-refractivity contribution is 9.09. The van der Waals surface area contributed by atoms with Crippen LogP contribution < -0.4 is 0 Å². The number of aryl methyl sites for hydroxylation is 2. The molecular formula is C16H17BrO2. The van der Waals surface area contributed by atoms with E-state index >= 15 is 0 Å². The van der Waals surface area contributed by atoms with Gasteiger partial charge in [-0.2, -0.15) is 0 Å². The minimum Gasteiger partial charge on any atom is -0.390 e. The minimum atomic E-state index is -0.817. The maximum Gasteiger partial charge on any atom is 0.105 e. The second-order valence-electron chi connectivity index (χ2n) is 5.14. The van der Waals surface area contributed by atoms with Crippen LogP contribution in [-0.4, -0.2) is 21.6 Å². The van der Waals surface area contributed by atoms with Gasteiger partial charge in [-0.1, -0.05) is 46.3 Å². The van der Waals surface area contributed by atoms with Crippen molar-refractivity contribution in [3.8, 4) is 0 Å². The van der Waals surface area contributed by atoms with Gasteiger partial charge in [-0.25, -0.2) is 0 Å². The Labute approximate surface area is 121 Å². The number of aliphatic hydroxyl groups is 2. The summed E-state index contributed by atoms with van der Waals surface area (Å²) < 4.78 is 0. The third-order valence-corrected chi connectivity index (χ3v) is 4.46. The van der Waals surface area contributed by atoms with E-state index in [2.05, 4.69) is 28.1 Å². The van der Waals surface area contributed by atoms with Gasteiger partial charge in [0.15, 0.2) is 0 Å². The topological polar surface area (TPSA) is 40.5 Å². The number of hydrogen-bond acceptors (Lipinski definition) is 2. The Kier molecular flexibility index (Phi) is 3.61. The maximum atomic E-state index is 10.3. The molecule has 19 heavy (non-hydrogen) atoms. The van der Waals surface area contributed by atoms with E-state index in [1.165, 1.54) is 16.5 Å². The van der Waals surface area contributed by atoms with E-state index in [0.717, 1.165) is 23.8 Å². The highest BCUT2D eigenvalue weighted by Crippen LogP contribution is 2.35. The smallest absolute Gasteiger partial charge is 0.105 e. The molecule has 1 aliphatic rings. The molecular weight excluding hydrogens is 304 g/mol. The van der Waals surface area contributed by atoms with Gasteiger partial charge in [-0.05, 0) is 46.7 Å². The zero-order valence-electron chi connectivity index (χ0n) is 10.6. The first-order valence-electron chi connectivity index (χ1n) is 6.68. The summed E-state index contributed by atoms with van der Waals surface area (Å²) in [5.74, 6) is 0. The molecule has 2 nitrogen and oxygen atoms in total. The van der Waals surface area contributed by atoms with Gasteiger partial charge in [0.25, 0.3) is 0 Å². The number of alkyl halides is 1. The zero-order chi connectivity index (χ0) is 13.4. The predicted octanol–water partition coefficient (Wildman–Crippen LogP) is 3.12. The van der Waals surface area contributed by atoms with Crippen LogP contribution in [0.2, 0.25) is 0 Å². The van der Waals surface area contributed by atoms with E-state index < -0.39 is 12.2 Å². The van der Waals surface area contributed by atoms with Crippen LogP contribution in [0.1, 0.15) is 29.2 Å². The SMILES string of the molecule is OC(CCBr)C(O)c1ccc2c3c(cccc13)CC2. The summed E-state index contributed by atoms with van der Waals surface area (Å²) in [5.41, 5.74) is 3.56. The third-order valence-electron chi connectivity index (χ3n) is 4.00. The lowest BCUT2D eigenvalue weighted by molar-refractivity contribution is 0.0182. The summed E-state index contributed by atoms with van der Waals surface area (Å²) in [6.07, 6.45) is 1.16. The van der Waals surface area contributed by atoms with Gasteiger partial charge in [0, 0.05) is 5.33 Å². The second kappa shape index (κ2) is 5.23. The normalized spacial score (nSPS) is 16.8. The van der Waals surface area contributed by atoms with E-state index in [1.807, 2.05) is 18.2 Å². The molecule has 100 valence electrons. The average Bonchev–Trinajstić information content (AvgIpc) is 2.84. The van der Waals surface area contributed by atoms with E-state index in [1.54, 1.807) is 0 Å². The molecule has 0 aliphatic heterocycles. The average molecular weight is 321 g/mol. The fraction of sp³-hybridized carbons (Fsp3) is 0.375. The van der Waals surface area contributed by atoms with Crippen molar-refractivity contribution < 1.29 is 10.2 Å². The van der Waals surface area contributed by atoms with Gasteiger partial charge >= 0.3 is 0 Å². The second-order valence-corrected chi connectivity index (χ2v) is 5.94. The largest absolute Gasteiger partial charge is 0.390 e. The van der Waals surface area contributed by atoms with Gasteiger partial charge in [0.2, 0.25) is 0 Å². The molecule has 0 amide bonds. The molecule has 2 unspecified atom stereocenters. The Hall–Kier alpha value is -0.900. The van der Waals surface area contributed by atoms with E-state index in [0.29, 0.717) is 11.8 Å². The van der Waals surface area contributed by atoms with Gasteiger partial charge < -0.3 is 10.2 Å². The quantitative estimate of drug-likeness (QED) is 0.850. The highest BCUT2D eigenvalue weighted by Gasteiger charge is 2.23. The lowest BCUT2D eigenvalue weighted by Crippen LogP contribution is -2.18. The Morgan fingerprint density at radius 2 is 1.79 bits per heavy atom. The van der Waals surface area contributed by atoms with E-state index in [-0.39, 0.29) is 0 Å².